The standard InChI is InChI=1S/C19H24ClNO3/c1-13(9-15-7-8-17(23-2)18(11-15)24-3)21-19(22)12-14-5-4-6-16(20)10-14/h4-8,10-11,13,19,21-22H,9,12H2,1-3H3/t13?,19-/m1/s1. The molecule has 0 saturated carbocycles. The first-order valence-corrected chi connectivity index (χ1v) is 8.29. The second-order valence-electron chi connectivity index (χ2n) is 5.81. The summed E-state index contributed by atoms with van der Waals surface area (Å²) in [4.78, 5) is 0. The van der Waals surface area contributed by atoms with Gasteiger partial charge in [-0.1, -0.05) is 29.8 Å². The predicted octanol–water partition coefficient (Wildman–Crippen LogP) is 3.44. The summed E-state index contributed by atoms with van der Waals surface area (Å²) >= 11 is 5.97. The minimum atomic E-state index is -0.626. The highest BCUT2D eigenvalue weighted by atomic mass is 35.5. The summed E-state index contributed by atoms with van der Waals surface area (Å²) in [6.07, 6.45) is 0.655. The number of nitrogens with one attached hydrogen (secondary N) is 1. The average Bonchev–Trinajstić information content (AvgIpc) is 2.54. The van der Waals surface area contributed by atoms with Gasteiger partial charge in [-0.15, -0.1) is 0 Å². The van der Waals surface area contributed by atoms with E-state index in [1.165, 1.54) is 0 Å². The Bertz CT molecular complexity index is 663. The molecule has 0 fully saturated rings. The quantitative estimate of drug-likeness (QED) is 0.717. The van der Waals surface area contributed by atoms with Gasteiger partial charge in [0.25, 0.3) is 0 Å². The summed E-state index contributed by atoms with van der Waals surface area (Å²) in [5.74, 6) is 1.42. The second kappa shape index (κ2) is 8.92. The van der Waals surface area contributed by atoms with Crippen molar-refractivity contribution in [2.75, 3.05) is 14.2 Å². The Labute approximate surface area is 148 Å². The van der Waals surface area contributed by atoms with Gasteiger partial charge in [-0.05, 0) is 48.7 Å². The Balaban J connectivity index is 1.91. The topological polar surface area (TPSA) is 50.7 Å². The number of benzene rings is 2. The van der Waals surface area contributed by atoms with Crippen molar-refractivity contribution >= 4 is 11.6 Å². The Morgan fingerprint density at radius 1 is 1.00 bits per heavy atom. The molecule has 0 aromatic heterocycles. The van der Waals surface area contributed by atoms with Crippen LogP contribution in [0.15, 0.2) is 42.5 Å². The molecule has 0 amide bonds. The molecule has 2 aromatic rings. The van der Waals surface area contributed by atoms with Gasteiger partial charge in [-0.3, -0.25) is 5.32 Å². The molecule has 0 radical (unpaired) electrons. The molecule has 1 unspecified atom stereocenters. The maximum Gasteiger partial charge on any atom is 0.160 e. The third-order valence-corrected chi connectivity index (χ3v) is 4.02. The van der Waals surface area contributed by atoms with Gasteiger partial charge in [0.15, 0.2) is 11.5 Å². The van der Waals surface area contributed by atoms with Gasteiger partial charge >= 0.3 is 0 Å². The van der Waals surface area contributed by atoms with Gasteiger partial charge in [0.1, 0.15) is 6.23 Å². The van der Waals surface area contributed by atoms with E-state index in [4.69, 9.17) is 21.1 Å². The molecule has 0 aliphatic carbocycles. The van der Waals surface area contributed by atoms with E-state index in [1.807, 2.05) is 49.4 Å². The lowest BCUT2D eigenvalue weighted by molar-refractivity contribution is 0.125. The fourth-order valence-corrected chi connectivity index (χ4v) is 2.91. The largest absolute Gasteiger partial charge is 0.493 e. The molecular weight excluding hydrogens is 326 g/mol. The number of halogens is 1. The summed E-state index contributed by atoms with van der Waals surface area (Å²) in [6, 6.07) is 13.5. The van der Waals surface area contributed by atoms with Crippen molar-refractivity contribution in [1.82, 2.24) is 5.32 Å². The smallest absolute Gasteiger partial charge is 0.160 e. The van der Waals surface area contributed by atoms with E-state index in [-0.39, 0.29) is 6.04 Å². The first-order valence-electron chi connectivity index (χ1n) is 7.91. The van der Waals surface area contributed by atoms with E-state index in [0.29, 0.717) is 22.9 Å². The Morgan fingerprint density at radius 2 is 1.71 bits per heavy atom. The molecule has 2 rings (SSSR count). The fraction of sp³-hybridized carbons (Fsp3) is 0.368. The van der Waals surface area contributed by atoms with Crippen molar-refractivity contribution in [3.05, 3.63) is 58.6 Å². The van der Waals surface area contributed by atoms with Crippen LogP contribution in [0.1, 0.15) is 18.1 Å². The van der Waals surface area contributed by atoms with Gasteiger partial charge in [0.2, 0.25) is 0 Å². The zero-order valence-corrected chi connectivity index (χ0v) is 15.0. The maximum absolute atomic E-state index is 10.2. The lowest BCUT2D eigenvalue weighted by Crippen LogP contribution is -2.39. The summed E-state index contributed by atoms with van der Waals surface area (Å²) < 4.78 is 10.6. The molecule has 0 heterocycles. The van der Waals surface area contributed by atoms with E-state index in [2.05, 4.69) is 5.32 Å². The highest BCUT2D eigenvalue weighted by Gasteiger charge is 2.12. The second-order valence-corrected chi connectivity index (χ2v) is 6.25. The molecule has 2 N–H and O–H groups in total. The monoisotopic (exact) mass is 349 g/mol. The van der Waals surface area contributed by atoms with E-state index in [0.717, 1.165) is 17.5 Å². The van der Waals surface area contributed by atoms with Crippen molar-refractivity contribution in [3.63, 3.8) is 0 Å². The Kier molecular flexibility index (Phi) is 6.91. The zero-order valence-electron chi connectivity index (χ0n) is 14.3. The van der Waals surface area contributed by atoms with Crippen LogP contribution in [0.4, 0.5) is 0 Å². The van der Waals surface area contributed by atoms with Crippen LogP contribution in [-0.4, -0.2) is 31.6 Å². The van der Waals surface area contributed by atoms with Crippen LogP contribution in [0.25, 0.3) is 0 Å². The van der Waals surface area contributed by atoms with E-state index < -0.39 is 6.23 Å². The molecule has 0 saturated heterocycles. The minimum absolute atomic E-state index is 0.109. The molecule has 0 bridgehead atoms. The molecule has 0 spiro atoms. The molecule has 130 valence electrons. The summed E-state index contributed by atoms with van der Waals surface area (Å²) in [5, 5.41) is 14.1. The number of ether oxygens (including phenoxy) is 2. The molecule has 4 nitrogen and oxygen atoms in total. The van der Waals surface area contributed by atoms with Crippen molar-refractivity contribution in [2.45, 2.75) is 32.0 Å². The van der Waals surface area contributed by atoms with Crippen LogP contribution in [0, 0.1) is 0 Å². The van der Waals surface area contributed by atoms with Gasteiger partial charge < -0.3 is 14.6 Å². The summed E-state index contributed by atoms with van der Waals surface area (Å²) in [7, 11) is 3.24. The van der Waals surface area contributed by atoms with E-state index in [9.17, 15) is 5.11 Å². The number of rotatable bonds is 8. The number of hydrogen-bond donors (Lipinski definition) is 2. The van der Waals surface area contributed by atoms with Crippen molar-refractivity contribution in [1.29, 1.82) is 0 Å². The first kappa shape index (κ1) is 18.6. The molecule has 2 aromatic carbocycles. The lowest BCUT2D eigenvalue weighted by Gasteiger charge is -2.20. The van der Waals surface area contributed by atoms with Crippen molar-refractivity contribution in [3.8, 4) is 11.5 Å². The molecule has 24 heavy (non-hydrogen) atoms. The summed E-state index contributed by atoms with van der Waals surface area (Å²) in [6.45, 7) is 2.04. The minimum Gasteiger partial charge on any atom is -0.493 e. The van der Waals surface area contributed by atoms with Crippen molar-refractivity contribution < 1.29 is 14.6 Å². The van der Waals surface area contributed by atoms with Crippen LogP contribution in [0.3, 0.4) is 0 Å². The number of methoxy groups -OCH3 is 2. The molecule has 0 aliphatic heterocycles. The number of hydrogen-bond acceptors (Lipinski definition) is 4. The predicted molar refractivity (Wildman–Crippen MR) is 97.0 cm³/mol. The van der Waals surface area contributed by atoms with Crippen LogP contribution >= 0.6 is 11.6 Å². The van der Waals surface area contributed by atoms with E-state index in [1.54, 1.807) is 14.2 Å². The summed E-state index contributed by atoms with van der Waals surface area (Å²) in [5.41, 5.74) is 2.11. The van der Waals surface area contributed by atoms with Crippen LogP contribution < -0.4 is 14.8 Å². The first-order chi connectivity index (χ1) is 11.5. The third kappa shape index (κ3) is 5.41. The normalized spacial score (nSPS) is 13.4. The average molecular weight is 350 g/mol. The Morgan fingerprint density at radius 3 is 2.38 bits per heavy atom. The molecular formula is C19H24ClNO3. The Hall–Kier alpha value is -1.75. The third-order valence-electron chi connectivity index (χ3n) is 3.78. The molecule has 5 heteroatoms. The van der Waals surface area contributed by atoms with Gasteiger partial charge in [0.05, 0.1) is 14.2 Å². The SMILES string of the molecule is COc1ccc(CC(C)N[C@H](O)Cc2cccc(Cl)c2)cc1OC. The van der Waals surface area contributed by atoms with Gasteiger partial charge in [-0.2, -0.15) is 0 Å². The van der Waals surface area contributed by atoms with Crippen LogP contribution in [0.2, 0.25) is 5.02 Å². The lowest BCUT2D eigenvalue weighted by atomic mass is 10.1. The van der Waals surface area contributed by atoms with Crippen molar-refractivity contribution in [2.24, 2.45) is 0 Å². The van der Waals surface area contributed by atoms with Crippen LogP contribution in [0.5, 0.6) is 11.5 Å². The molecule has 2 atom stereocenters. The van der Waals surface area contributed by atoms with Crippen LogP contribution in [-0.2, 0) is 12.8 Å². The molecule has 0 aliphatic rings. The fourth-order valence-electron chi connectivity index (χ4n) is 2.69. The van der Waals surface area contributed by atoms with Gasteiger partial charge in [0, 0.05) is 17.5 Å². The highest BCUT2D eigenvalue weighted by molar-refractivity contribution is 6.30. The number of aliphatic hydroxyl groups excluding tert-OH is 1. The highest BCUT2D eigenvalue weighted by Crippen LogP contribution is 2.28. The van der Waals surface area contributed by atoms with Gasteiger partial charge in [-0.25, -0.2) is 0 Å². The van der Waals surface area contributed by atoms with E-state index >= 15 is 0 Å². The maximum atomic E-state index is 10.2. The number of aliphatic hydroxyl groups is 1. The zero-order chi connectivity index (χ0) is 17.5.